The molecule has 0 aliphatic carbocycles. The van der Waals surface area contributed by atoms with Gasteiger partial charge in [-0.3, -0.25) is 4.90 Å². The molecule has 0 N–H and O–H groups in total. The Morgan fingerprint density at radius 3 is 2.84 bits per heavy atom. The Kier molecular flexibility index (Phi) is 4.94. The molecule has 1 atom stereocenters. The average molecular weight is 343 g/mol. The van der Waals surface area contributed by atoms with E-state index in [9.17, 15) is 0 Å². The van der Waals surface area contributed by atoms with Crippen LogP contribution in [0.2, 0.25) is 0 Å². The van der Waals surface area contributed by atoms with E-state index in [1.54, 1.807) is 0 Å². The van der Waals surface area contributed by atoms with Gasteiger partial charge in [-0.05, 0) is 30.9 Å². The van der Waals surface area contributed by atoms with Crippen molar-refractivity contribution in [3.05, 3.63) is 24.2 Å². The zero-order valence-electron chi connectivity index (χ0n) is 14.7. The monoisotopic (exact) mass is 343 g/mol. The minimum absolute atomic E-state index is 0.606. The molecule has 134 valence electrons. The van der Waals surface area contributed by atoms with Crippen LogP contribution in [-0.2, 0) is 11.3 Å². The summed E-state index contributed by atoms with van der Waals surface area (Å²) in [6, 6.07) is 4.09. The van der Waals surface area contributed by atoms with Crippen LogP contribution in [-0.4, -0.2) is 59.4 Å². The molecular weight excluding hydrogens is 318 g/mol. The van der Waals surface area contributed by atoms with Crippen molar-refractivity contribution in [2.45, 2.75) is 26.3 Å². The number of nitrogens with zero attached hydrogens (tertiary/aromatic N) is 5. The fraction of sp³-hybridized carbons (Fsp3) is 0.611. The fourth-order valence-electron chi connectivity index (χ4n) is 3.49. The second kappa shape index (κ2) is 7.49. The van der Waals surface area contributed by atoms with Crippen LogP contribution in [0.1, 0.15) is 25.7 Å². The number of ether oxygens (including phenoxy) is 1. The standard InChI is InChI=1S/C18H25N5O2/c1-14-3-2-6-23(12-14)16-5-4-15(11-19-16)18-20-17(25-21-18)13-22-7-9-24-10-8-22/h4-5,11,14H,2-3,6-10,12-13H2,1H3/t14-/m0/s1. The van der Waals surface area contributed by atoms with E-state index in [4.69, 9.17) is 9.26 Å². The highest BCUT2D eigenvalue weighted by molar-refractivity contribution is 5.55. The molecule has 0 unspecified atom stereocenters. The molecule has 0 amide bonds. The smallest absolute Gasteiger partial charge is 0.241 e. The van der Waals surface area contributed by atoms with Crippen molar-refractivity contribution in [1.29, 1.82) is 0 Å². The Bertz CT molecular complexity index is 681. The van der Waals surface area contributed by atoms with Gasteiger partial charge in [0.2, 0.25) is 11.7 Å². The second-order valence-electron chi connectivity index (χ2n) is 7.00. The number of pyridine rings is 1. The highest BCUT2D eigenvalue weighted by Crippen LogP contribution is 2.23. The molecule has 2 aliphatic rings. The molecule has 25 heavy (non-hydrogen) atoms. The Balaban J connectivity index is 1.41. The van der Waals surface area contributed by atoms with Crippen molar-refractivity contribution in [2.75, 3.05) is 44.3 Å². The van der Waals surface area contributed by atoms with Crippen molar-refractivity contribution in [2.24, 2.45) is 5.92 Å². The van der Waals surface area contributed by atoms with Crippen LogP contribution >= 0.6 is 0 Å². The van der Waals surface area contributed by atoms with Crippen molar-refractivity contribution >= 4 is 5.82 Å². The quantitative estimate of drug-likeness (QED) is 0.843. The molecule has 0 spiro atoms. The molecule has 7 nitrogen and oxygen atoms in total. The van der Waals surface area contributed by atoms with Gasteiger partial charge in [0.15, 0.2) is 0 Å². The van der Waals surface area contributed by atoms with Gasteiger partial charge >= 0.3 is 0 Å². The lowest BCUT2D eigenvalue weighted by atomic mass is 10.0. The number of piperidine rings is 1. The number of hydrogen-bond donors (Lipinski definition) is 0. The summed E-state index contributed by atoms with van der Waals surface area (Å²) in [5, 5.41) is 4.11. The molecule has 2 aromatic rings. The minimum Gasteiger partial charge on any atom is -0.379 e. The topological polar surface area (TPSA) is 67.5 Å². The summed E-state index contributed by atoms with van der Waals surface area (Å²) in [6.07, 6.45) is 4.39. The van der Waals surface area contributed by atoms with E-state index in [-0.39, 0.29) is 0 Å². The maximum Gasteiger partial charge on any atom is 0.241 e. The third kappa shape index (κ3) is 3.99. The molecule has 2 fully saturated rings. The summed E-state index contributed by atoms with van der Waals surface area (Å²) in [7, 11) is 0. The van der Waals surface area contributed by atoms with E-state index in [0.717, 1.165) is 56.7 Å². The van der Waals surface area contributed by atoms with E-state index >= 15 is 0 Å². The third-order valence-corrected chi connectivity index (χ3v) is 4.92. The molecule has 0 aromatic carbocycles. The van der Waals surface area contributed by atoms with E-state index in [2.05, 4.69) is 37.9 Å². The van der Waals surface area contributed by atoms with Crippen molar-refractivity contribution in [3.63, 3.8) is 0 Å². The highest BCUT2D eigenvalue weighted by atomic mass is 16.5. The molecule has 0 bridgehead atoms. The summed E-state index contributed by atoms with van der Waals surface area (Å²) in [5.41, 5.74) is 0.894. The first-order chi connectivity index (χ1) is 12.3. The largest absolute Gasteiger partial charge is 0.379 e. The summed E-state index contributed by atoms with van der Waals surface area (Å²) >= 11 is 0. The first-order valence-corrected chi connectivity index (χ1v) is 9.12. The second-order valence-corrected chi connectivity index (χ2v) is 7.00. The molecule has 4 rings (SSSR count). The lowest BCUT2D eigenvalue weighted by Gasteiger charge is -2.31. The van der Waals surface area contributed by atoms with Crippen molar-refractivity contribution in [3.8, 4) is 11.4 Å². The molecular formula is C18H25N5O2. The molecule has 2 saturated heterocycles. The molecule has 4 heterocycles. The molecule has 7 heteroatoms. The van der Waals surface area contributed by atoms with Gasteiger partial charge in [0.05, 0.1) is 19.8 Å². The van der Waals surface area contributed by atoms with Gasteiger partial charge in [0.25, 0.3) is 0 Å². The average Bonchev–Trinajstić information content (AvgIpc) is 3.11. The molecule has 0 saturated carbocycles. The number of hydrogen-bond acceptors (Lipinski definition) is 7. The normalized spacial score (nSPS) is 22.3. The van der Waals surface area contributed by atoms with Gasteiger partial charge in [0.1, 0.15) is 5.82 Å². The van der Waals surface area contributed by atoms with Crippen molar-refractivity contribution < 1.29 is 9.26 Å². The van der Waals surface area contributed by atoms with E-state index < -0.39 is 0 Å². The highest BCUT2D eigenvalue weighted by Gasteiger charge is 2.19. The van der Waals surface area contributed by atoms with Gasteiger partial charge in [-0.1, -0.05) is 12.1 Å². The van der Waals surface area contributed by atoms with Gasteiger partial charge in [-0.2, -0.15) is 4.98 Å². The van der Waals surface area contributed by atoms with Gasteiger partial charge in [-0.15, -0.1) is 0 Å². The maximum absolute atomic E-state index is 5.40. The Labute approximate surface area is 148 Å². The van der Waals surface area contributed by atoms with E-state index in [1.165, 1.54) is 12.8 Å². The van der Waals surface area contributed by atoms with Crippen LogP contribution in [0.4, 0.5) is 5.82 Å². The summed E-state index contributed by atoms with van der Waals surface area (Å²) < 4.78 is 10.8. The Morgan fingerprint density at radius 1 is 1.20 bits per heavy atom. The van der Waals surface area contributed by atoms with Crippen LogP contribution in [0.5, 0.6) is 0 Å². The summed E-state index contributed by atoms with van der Waals surface area (Å²) in [5.74, 6) is 3.02. The number of anilines is 1. The fourth-order valence-corrected chi connectivity index (χ4v) is 3.49. The van der Waals surface area contributed by atoms with Crippen LogP contribution in [0.25, 0.3) is 11.4 Å². The zero-order chi connectivity index (χ0) is 17.1. The third-order valence-electron chi connectivity index (χ3n) is 4.92. The molecule has 2 aliphatic heterocycles. The lowest BCUT2D eigenvalue weighted by molar-refractivity contribution is 0.0297. The predicted molar refractivity (Wildman–Crippen MR) is 94.2 cm³/mol. The van der Waals surface area contributed by atoms with Gasteiger partial charge in [0, 0.05) is 37.9 Å². The maximum atomic E-state index is 5.40. The summed E-state index contributed by atoms with van der Waals surface area (Å²) in [4.78, 5) is 13.8. The summed E-state index contributed by atoms with van der Waals surface area (Å²) in [6.45, 7) is 8.48. The van der Waals surface area contributed by atoms with Gasteiger partial charge in [-0.25, -0.2) is 4.98 Å². The van der Waals surface area contributed by atoms with Crippen LogP contribution < -0.4 is 4.90 Å². The predicted octanol–water partition coefficient (Wildman–Crippen LogP) is 2.20. The van der Waals surface area contributed by atoms with E-state index in [0.29, 0.717) is 18.3 Å². The zero-order valence-corrected chi connectivity index (χ0v) is 14.7. The van der Waals surface area contributed by atoms with E-state index in [1.807, 2.05) is 12.3 Å². The lowest BCUT2D eigenvalue weighted by Crippen LogP contribution is -2.35. The van der Waals surface area contributed by atoms with Crippen molar-refractivity contribution in [1.82, 2.24) is 20.0 Å². The van der Waals surface area contributed by atoms with Crippen LogP contribution in [0.15, 0.2) is 22.9 Å². The van der Waals surface area contributed by atoms with Crippen LogP contribution in [0.3, 0.4) is 0 Å². The van der Waals surface area contributed by atoms with Crippen LogP contribution in [0, 0.1) is 5.92 Å². The minimum atomic E-state index is 0.606. The Hall–Kier alpha value is -1.99. The first kappa shape index (κ1) is 16.5. The number of morpholine rings is 1. The molecule has 0 radical (unpaired) electrons. The number of aromatic nitrogens is 3. The SMILES string of the molecule is C[C@H]1CCCN(c2ccc(-c3noc(CN4CCOCC4)n3)cn2)C1. The molecule has 2 aromatic heterocycles. The first-order valence-electron chi connectivity index (χ1n) is 9.12. The van der Waals surface area contributed by atoms with Gasteiger partial charge < -0.3 is 14.2 Å². The Morgan fingerprint density at radius 2 is 2.08 bits per heavy atom. The number of rotatable bonds is 4.